The number of nitrogens with zero attached hydrogens (tertiary/aromatic N) is 2. The van der Waals surface area contributed by atoms with E-state index in [0.717, 1.165) is 16.5 Å². The second-order valence-electron chi connectivity index (χ2n) is 6.72. The van der Waals surface area contributed by atoms with Crippen LogP contribution in [0.1, 0.15) is 5.56 Å². The van der Waals surface area contributed by atoms with Gasteiger partial charge in [0.1, 0.15) is 5.82 Å². The number of aromatic nitrogens is 3. The standard InChI is InChI=1S/C23H16ClN3O/c24-19-11-6-10-16-18(14-27(21(16)19)13-15-7-2-1-3-8-15)22-25-20-12-5-4-9-17(20)23(28)26-22/h1-12,14H,13H2,(H,25,26,28). The lowest BCUT2D eigenvalue weighted by Gasteiger charge is -2.06. The third kappa shape index (κ3) is 2.79. The van der Waals surface area contributed by atoms with Crippen LogP contribution in [0.15, 0.2) is 83.8 Å². The van der Waals surface area contributed by atoms with E-state index in [4.69, 9.17) is 16.6 Å². The molecule has 0 spiro atoms. The Morgan fingerprint density at radius 1 is 0.893 bits per heavy atom. The van der Waals surface area contributed by atoms with Gasteiger partial charge in [-0.25, -0.2) is 4.98 Å². The summed E-state index contributed by atoms with van der Waals surface area (Å²) in [5, 5.41) is 2.21. The van der Waals surface area contributed by atoms with Crippen LogP contribution in [0.2, 0.25) is 5.02 Å². The van der Waals surface area contributed by atoms with Gasteiger partial charge in [0.2, 0.25) is 0 Å². The molecule has 0 aliphatic carbocycles. The van der Waals surface area contributed by atoms with Crippen molar-refractivity contribution in [2.45, 2.75) is 6.54 Å². The van der Waals surface area contributed by atoms with Crippen molar-refractivity contribution in [3.8, 4) is 11.4 Å². The minimum atomic E-state index is -0.147. The molecule has 0 aliphatic heterocycles. The van der Waals surface area contributed by atoms with Crippen LogP contribution in [0, 0.1) is 0 Å². The number of rotatable bonds is 3. The Kier molecular flexibility index (Phi) is 3.99. The molecule has 0 aliphatic rings. The first-order chi connectivity index (χ1) is 13.7. The summed E-state index contributed by atoms with van der Waals surface area (Å²) in [5.41, 5.74) is 3.49. The maximum atomic E-state index is 12.5. The predicted octanol–water partition coefficient (Wildman–Crippen LogP) is 5.25. The summed E-state index contributed by atoms with van der Waals surface area (Å²) >= 11 is 6.54. The Morgan fingerprint density at radius 3 is 2.50 bits per heavy atom. The SMILES string of the molecule is O=c1[nH]c(-c2cn(Cc3ccccc3)c3c(Cl)cccc23)nc2ccccc12. The number of hydrogen-bond acceptors (Lipinski definition) is 2. The van der Waals surface area contributed by atoms with E-state index >= 15 is 0 Å². The van der Waals surface area contributed by atoms with Crippen molar-refractivity contribution in [2.75, 3.05) is 0 Å². The Bertz CT molecular complexity index is 1370. The third-order valence-electron chi connectivity index (χ3n) is 4.91. The molecular formula is C23H16ClN3O. The molecule has 0 fully saturated rings. The molecule has 4 nitrogen and oxygen atoms in total. The highest BCUT2D eigenvalue weighted by Crippen LogP contribution is 2.33. The molecule has 0 atom stereocenters. The number of hydrogen-bond donors (Lipinski definition) is 1. The minimum absolute atomic E-state index is 0.147. The number of H-pyrrole nitrogens is 1. The van der Waals surface area contributed by atoms with Crippen molar-refractivity contribution >= 4 is 33.4 Å². The van der Waals surface area contributed by atoms with E-state index in [0.29, 0.717) is 28.3 Å². The first kappa shape index (κ1) is 16.8. The van der Waals surface area contributed by atoms with Crippen LogP contribution in [0.5, 0.6) is 0 Å². The fourth-order valence-electron chi connectivity index (χ4n) is 3.62. The number of para-hydroxylation sites is 2. The second kappa shape index (κ2) is 6.66. The molecular weight excluding hydrogens is 370 g/mol. The van der Waals surface area contributed by atoms with Crippen molar-refractivity contribution in [1.29, 1.82) is 0 Å². The summed E-state index contributed by atoms with van der Waals surface area (Å²) in [5.74, 6) is 0.544. The van der Waals surface area contributed by atoms with Gasteiger partial charge in [-0.05, 0) is 23.8 Å². The van der Waals surface area contributed by atoms with E-state index in [1.54, 1.807) is 6.07 Å². The lowest BCUT2D eigenvalue weighted by molar-refractivity contribution is 0.837. The largest absolute Gasteiger partial charge is 0.341 e. The van der Waals surface area contributed by atoms with Crippen LogP contribution in [0.3, 0.4) is 0 Å². The highest BCUT2D eigenvalue weighted by Gasteiger charge is 2.16. The van der Waals surface area contributed by atoms with Crippen molar-refractivity contribution in [2.24, 2.45) is 0 Å². The molecule has 0 saturated carbocycles. The van der Waals surface area contributed by atoms with E-state index < -0.39 is 0 Å². The second-order valence-corrected chi connectivity index (χ2v) is 7.13. The van der Waals surface area contributed by atoms with Crippen LogP contribution in [-0.2, 0) is 6.54 Å². The van der Waals surface area contributed by atoms with E-state index in [1.807, 2.05) is 60.8 Å². The molecule has 2 aromatic heterocycles. The fourth-order valence-corrected chi connectivity index (χ4v) is 3.91. The van der Waals surface area contributed by atoms with Gasteiger partial charge in [0, 0.05) is 23.7 Å². The zero-order valence-corrected chi connectivity index (χ0v) is 15.6. The average Bonchev–Trinajstić information content (AvgIpc) is 3.08. The molecule has 5 aromatic rings. The smallest absolute Gasteiger partial charge is 0.259 e. The van der Waals surface area contributed by atoms with Crippen molar-refractivity contribution < 1.29 is 0 Å². The monoisotopic (exact) mass is 385 g/mol. The molecule has 0 saturated heterocycles. The number of aromatic amines is 1. The summed E-state index contributed by atoms with van der Waals surface area (Å²) in [7, 11) is 0. The van der Waals surface area contributed by atoms with Gasteiger partial charge in [-0.2, -0.15) is 0 Å². The lowest BCUT2D eigenvalue weighted by atomic mass is 10.1. The van der Waals surface area contributed by atoms with Gasteiger partial charge in [0.05, 0.1) is 21.4 Å². The Labute approximate surface area is 166 Å². The summed E-state index contributed by atoms with van der Waals surface area (Å²) in [6, 6.07) is 23.4. The van der Waals surface area contributed by atoms with Gasteiger partial charge in [0.25, 0.3) is 5.56 Å². The third-order valence-corrected chi connectivity index (χ3v) is 5.22. The quantitative estimate of drug-likeness (QED) is 0.461. The highest BCUT2D eigenvalue weighted by atomic mass is 35.5. The van der Waals surface area contributed by atoms with E-state index in [1.165, 1.54) is 5.56 Å². The number of fused-ring (bicyclic) bond motifs is 2. The number of halogens is 1. The van der Waals surface area contributed by atoms with Crippen molar-refractivity contribution in [3.63, 3.8) is 0 Å². The van der Waals surface area contributed by atoms with Gasteiger partial charge in [0.15, 0.2) is 0 Å². The molecule has 0 bridgehead atoms. The zero-order valence-electron chi connectivity index (χ0n) is 14.9. The maximum absolute atomic E-state index is 12.5. The first-order valence-corrected chi connectivity index (χ1v) is 9.39. The molecule has 136 valence electrons. The fraction of sp³-hybridized carbons (Fsp3) is 0.0435. The van der Waals surface area contributed by atoms with Crippen LogP contribution in [0.25, 0.3) is 33.2 Å². The van der Waals surface area contributed by atoms with Crippen LogP contribution >= 0.6 is 11.6 Å². The van der Waals surface area contributed by atoms with Gasteiger partial charge in [-0.1, -0.05) is 66.2 Å². The molecule has 3 aromatic carbocycles. The van der Waals surface area contributed by atoms with Crippen LogP contribution in [0.4, 0.5) is 0 Å². The molecule has 0 radical (unpaired) electrons. The molecule has 5 rings (SSSR count). The van der Waals surface area contributed by atoms with E-state index in [-0.39, 0.29) is 5.56 Å². The van der Waals surface area contributed by atoms with Gasteiger partial charge >= 0.3 is 0 Å². The summed E-state index contributed by atoms with van der Waals surface area (Å²) in [6.07, 6.45) is 2.01. The molecule has 2 heterocycles. The Morgan fingerprint density at radius 2 is 1.64 bits per heavy atom. The molecule has 1 N–H and O–H groups in total. The van der Waals surface area contributed by atoms with Crippen molar-refractivity contribution in [3.05, 3.63) is 99.9 Å². The van der Waals surface area contributed by atoms with Gasteiger partial charge in [-0.15, -0.1) is 0 Å². The van der Waals surface area contributed by atoms with Gasteiger partial charge in [-0.3, -0.25) is 4.79 Å². The summed E-state index contributed by atoms with van der Waals surface area (Å²) in [4.78, 5) is 20.2. The lowest BCUT2D eigenvalue weighted by Crippen LogP contribution is -2.09. The average molecular weight is 386 g/mol. The first-order valence-electron chi connectivity index (χ1n) is 9.01. The predicted molar refractivity (Wildman–Crippen MR) is 114 cm³/mol. The number of nitrogens with one attached hydrogen (secondary N) is 1. The topological polar surface area (TPSA) is 50.7 Å². The summed E-state index contributed by atoms with van der Waals surface area (Å²) < 4.78 is 2.11. The number of benzene rings is 3. The Hall–Kier alpha value is -3.37. The normalized spacial score (nSPS) is 11.3. The molecule has 0 amide bonds. The maximum Gasteiger partial charge on any atom is 0.259 e. The van der Waals surface area contributed by atoms with E-state index in [9.17, 15) is 4.79 Å². The zero-order chi connectivity index (χ0) is 19.1. The van der Waals surface area contributed by atoms with Crippen LogP contribution in [-0.4, -0.2) is 14.5 Å². The summed E-state index contributed by atoms with van der Waals surface area (Å²) in [6.45, 7) is 0.679. The highest BCUT2D eigenvalue weighted by molar-refractivity contribution is 6.35. The minimum Gasteiger partial charge on any atom is -0.341 e. The van der Waals surface area contributed by atoms with E-state index in [2.05, 4.69) is 21.7 Å². The Balaban J connectivity index is 1.75. The van der Waals surface area contributed by atoms with Gasteiger partial charge < -0.3 is 9.55 Å². The van der Waals surface area contributed by atoms with Crippen LogP contribution < -0.4 is 5.56 Å². The van der Waals surface area contributed by atoms with Crippen molar-refractivity contribution in [1.82, 2.24) is 14.5 Å². The molecule has 0 unspecified atom stereocenters. The molecule has 28 heavy (non-hydrogen) atoms. The molecule has 5 heteroatoms.